The van der Waals surface area contributed by atoms with Gasteiger partial charge < -0.3 is 15.1 Å². The van der Waals surface area contributed by atoms with E-state index < -0.39 is 36.1 Å². The van der Waals surface area contributed by atoms with Crippen molar-refractivity contribution in [2.24, 2.45) is 5.92 Å². The van der Waals surface area contributed by atoms with Crippen molar-refractivity contribution in [3.8, 4) is 0 Å². The maximum absolute atomic E-state index is 13.1. The molecule has 2 N–H and O–H groups in total. The fourth-order valence-corrected chi connectivity index (χ4v) is 1.60. The fourth-order valence-electron chi connectivity index (χ4n) is 1.60. The van der Waals surface area contributed by atoms with Gasteiger partial charge in [0.1, 0.15) is 12.4 Å². The monoisotopic (exact) mass is 283 g/mol. The predicted octanol–water partition coefficient (Wildman–Crippen LogP) is 1.07. The van der Waals surface area contributed by atoms with Gasteiger partial charge in [-0.1, -0.05) is 13.0 Å². The normalized spacial score (nSPS) is 11.7. The summed E-state index contributed by atoms with van der Waals surface area (Å²) in [5.74, 6) is -4.69. The third-order valence-corrected chi connectivity index (χ3v) is 2.60. The van der Waals surface area contributed by atoms with Crippen LogP contribution in [0.1, 0.15) is 17.3 Å². The molecule has 0 bridgehead atoms. The Kier molecular flexibility index (Phi) is 5.19. The predicted molar refractivity (Wildman–Crippen MR) is 66.7 cm³/mol. The number of nitrogens with zero attached hydrogens (tertiary/aromatic N) is 1. The number of carboxylic acids is 2. The molecule has 6 nitrogen and oxygen atoms in total. The first-order chi connectivity index (χ1) is 9.31. The average Bonchev–Trinajstić information content (AvgIpc) is 2.36. The standard InChI is InChI=1S/C13H14FNO5/c1-8(13(19)20)6-15(7-11(16)17)12(18)9-3-2-4-10(14)5-9/h2-5,8H,6-7H2,1H3,(H,16,17)(H,19,20). The van der Waals surface area contributed by atoms with Crippen molar-refractivity contribution in [2.45, 2.75) is 6.92 Å². The van der Waals surface area contributed by atoms with Gasteiger partial charge in [-0.25, -0.2) is 4.39 Å². The van der Waals surface area contributed by atoms with Gasteiger partial charge in [-0.3, -0.25) is 14.4 Å². The third-order valence-electron chi connectivity index (χ3n) is 2.60. The number of hydrogen-bond donors (Lipinski definition) is 2. The quantitative estimate of drug-likeness (QED) is 0.814. The van der Waals surface area contributed by atoms with Gasteiger partial charge in [-0.15, -0.1) is 0 Å². The molecule has 0 radical (unpaired) electrons. The minimum absolute atomic E-state index is 0.0242. The van der Waals surface area contributed by atoms with Crippen LogP contribution < -0.4 is 0 Å². The van der Waals surface area contributed by atoms with E-state index in [0.29, 0.717) is 0 Å². The number of carbonyl (C=O) groups is 3. The summed E-state index contributed by atoms with van der Waals surface area (Å²) < 4.78 is 13.1. The van der Waals surface area contributed by atoms with E-state index >= 15 is 0 Å². The molecule has 0 spiro atoms. The van der Waals surface area contributed by atoms with E-state index in [0.717, 1.165) is 17.0 Å². The lowest BCUT2D eigenvalue weighted by atomic mass is 10.1. The van der Waals surface area contributed by atoms with E-state index in [9.17, 15) is 18.8 Å². The molecule has 0 aliphatic heterocycles. The fraction of sp³-hybridized carbons (Fsp3) is 0.308. The molecule has 7 heteroatoms. The second-order valence-corrected chi connectivity index (χ2v) is 4.33. The molecule has 0 fully saturated rings. The smallest absolute Gasteiger partial charge is 0.323 e. The van der Waals surface area contributed by atoms with Gasteiger partial charge in [0.25, 0.3) is 5.91 Å². The number of carboxylic acid groups (broad SMARTS) is 2. The summed E-state index contributed by atoms with van der Waals surface area (Å²) in [7, 11) is 0. The first kappa shape index (κ1) is 15.6. The van der Waals surface area contributed by atoms with Crippen LogP contribution in [0.15, 0.2) is 24.3 Å². The Balaban J connectivity index is 2.95. The molecule has 1 amide bonds. The summed E-state index contributed by atoms with van der Waals surface area (Å²) in [4.78, 5) is 34.5. The number of rotatable bonds is 6. The Labute approximate surface area is 114 Å². The molecule has 0 heterocycles. The van der Waals surface area contributed by atoms with Crippen molar-refractivity contribution in [3.63, 3.8) is 0 Å². The zero-order chi connectivity index (χ0) is 15.3. The number of aliphatic carboxylic acids is 2. The van der Waals surface area contributed by atoms with Gasteiger partial charge in [0.05, 0.1) is 5.92 Å². The lowest BCUT2D eigenvalue weighted by Gasteiger charge is -2.22. The van der Waals surface area contributed by atoms with E-state index in [4.69, 9.17) is 10.2 Å². The largest absolute Gasteiger partial charge is 0.481 e. The molecule has 0 saturated heterocycles. The number of hydrogen-bond acceptors (Lipinski definition) is 3. The maximum atomic E-state index is 13.1. The summed E-state index contributed by atoms with van der Waals surface area (Å²) in [6.07, 6.45) is 0. The minimum Gasteiger partial charge on any atom is -0.481 e. The van der Waals surface area contributed by atoms with Crippen LogP contribution in [0, 0.1) is 11.7 Å². The number of carbonyl (C=O) groups excluding carboxylic acids is 1. The second kappa shape index (κ2) is 6.65. The van der Waals surface area contributed by atoms with Crippen molar-refractivity contribution in [3.05, 3.63) is 35.6 Å². The summed E-state index contributed by atoms with van der Waals surface area (Å²) in [6, 6.07) is 4.79. The zero-order valence-electron chi connectivity index (χ0n) is 10.7. The minimum atomic E-state index is -1.27. The summed E-state index contributed by atoms with van der Waals surface area (Å²) in [5, 5.41) is 17.6. The molecule has 0 saturated carbocycles. The average molecular weight is 283 g/mol. The van der Waals surface area contributed by atoms with E-state index in [2.05, 4.69) is 0 Å². The SMILES string of the molecule is CC(CN(CC(=O)O)C(=O)c1cccc(F)c1)C(=O)O. The van der Waals surface area contributed by atoms with Crippen LogP contribution in [-0.4, -0.2) is 46.0 Å². The Bertz CT molecular complexity index is 531. The van der Waals surface area contributed by atoms with E-state index in [1.54, 1.807) is 0 Å². The van der Waals surface area contributed by atoms with Crippen LogP contribution in [0.4, 0.5) is 4.39 Å². The Morgan fingerprint density at radius 3 is 2.45 bits per heavy atom. The number of halogens is 1. The van der Waals surface area contributed by atoms with Crippen LogP contribution in [-0.2, 0) is 9.59 Å². The topological polar surface area (TPSA) is 94.9 Å². The van der Waals surface area contributed by atoms with E-state index in [-0.39, 0.29) is 12.1 Å². The highest BCUT2D eigenvalue weighted by molar-refractivity contribution is 5.96. The molecule has 1 rings (SSSR count). The molecule has 1 aromatic carbocycles. The highest BCUT2D eigenvalue weighted by Crippen LogP contribution is 2.10. The van der Waals surface area contributed by atoms with Crippen LogP contribution in [0.3, 0.4) is 0 Å². The van der Waals surface area contributed by atoms with Crippen LogP contribution in [0.2, 0.25) is 0 Å². The molecule has 1 unspecified atom stereocenters. The summed E-state index contributed by atoms with van der Waals surface area (Å²) >= 11 is 0. The highest BCUT2D eigenvalue weighted by Gasteiger charge is 2.23. The molecule has 1 atom stereocenters. The number of benzene rings is 1. The Morgan fingerprint density at radius 1 is 1.30 bits per heavy atom. The van der Waals surface area contributed by atoms with Crippen molar-refractivity contribution in [1.29, 1.82) is 0 Å². The molecule has 1 aromatic rings. The molecule has 0 aliphatic rings. The molecular formula is C13H14FNO5. The lowest BCUT2D eigenvalue weighted by molar-refractivity contribution is -0.143. The molecule has 20 heavy (non-hydrogen) atoms. The van der Waals surface area contributed by atoms with Gasteiger partial charge in [0.2, 0.25) is 0 Å². The van der Waals surface area contributed by atoms with Gasteiger partial charge in [0, 0.05) is 12.1 Å². The van der Waals surface area contributed by atoms with Crippen LogP contribution in [0.25, 0.3) is 0 Å². The van der Waals surface area contributed by atoms with Gasteiger partial charge in [-0.05, 0) is 18.2 Å². The van der Waals surface area contributed by atoms with Gasteiger partial charge in [-0.2, -0.15) is 0 Å². The van der Waals surface area contributed by atoms with E-state index in [1.165, 1.54) is 19.1 Å². The maximum Gasteiger partial charge on any atom is 0.323 e. The highest BCUT2D eigenvalue weighted by atomic mass is 19.1. The molecule has 0 aliphatic carbocycles. The second-order valence-electron chi connectivity index (χ2n) is 4.33. The molecule has 108 valence electrons. The van der Waals surface area contributed by atoms with Crippen molar-refractivity contribution in [1.82, 2.24) is 4.90 Å². The van der Waals surface area contributed by atoms with Crippen molar-refractivity contribution >= 4 is 17.8 Å². The van der Waals surface area contributed by atoms with Gasteiger partial charge in [0.15, 0.2) is 0 Å². The Morgan fingerprint density at radius 2 is 1.95 bits per heavy atom. The van der Waals surface area contributed by atoms with Crippen molar-refractivity contribution < 1.29 is 29.0 Å². The first-order valence-electron chi connectivity index (χ1n) is 5.80. The number of amides is 1. The molecule has 0 aromatic heterocycles. The van der Waals surface area contributed by atoms with E-state index in [1.807, 2.05) is 0 Å². The van der Waals surface area contributed by atoms with Crippen LogP contribution in [0.5, 0.6) is 0 Å². The zero-order valence-corrected chi connectivity index (χ0v) is 10.7. The van der Waals surface area contributed by atoms with Gasteiger partial charge >= 0.3 is 11.9 Å². The molecular weight excluding hydrogens is 269 g/mol. The summed E-state index contributed by atoms with van der Waals surface area (Å²) in [5.41, 5.74) is -0.0242. The first-order valence-corrected chi connectivity index (χ1v) is 5.80. The Hall–Kier alpha value is -2.44. The third kappa shape index (κ3) is 4.34. The summed E-state index contributed by atoms with van der Waals surface area (Å²) in [6.45, 7) is 0.444. The van der Waals surface area contributed by atoms with Crippen molar-refractivity contribution in [2.75, 3.05) is 13.1 Å². The lowest BCUT2D eigenvalue weighted by Crippen LogP contribution is -2.40. The van der Waals surface area contributed by atoms with Crippen LogP contribution >= 0.6 is 0 Å².